The van der Waals surface area contributed by atoms with E-state index in [0.29, 0.717) is 10.7 Å². The summed E-state index contributed by atoms with van der Waals surface area (Å²) < 4.78 is 0. The van der Waals surface area contributed by atoms with Crippen LogP contribution in [0.1, 0.15) is 34.1 Å². The highest BCUT2D eigenvalue weighted by atomic mass is 35.5. The Morgan fingerprint density at radius 1 is 0.529 bits per heavy atom. The molecule has 3 nitrogen and oxygen atoms in total. The zero-order valence-corrected chi connectivity index (χ0v) is 18.9. The fraction of sp³-hybridized carbons (Fsp3) is 0.133. The topological polar surface area (TPSA) is 37.4 Å². The molecular formula is C30H20ClNO2. The van der Waals surface area contributed by atoms with E-state index >= 15 is 0 Å². The van der Waals surface area contributed by atoms with E-state index in [-0.39, 0.29) is 35.5 Å². The molecule has 1 saturated heterocycles. The van der Waals surface area contributed by atoms with Gasteiger partial charge in [0.05, 0.1) is 17.5 Å². The summed E-state index contributed by atoms with van der Waals surface area (Å²) in [7, 11) is 0. The SMILES string of the molecule is O=C1C2C3c4ccccc4C(c4ccccc43)C2C(=O)N1c1ccc(-c2ccc(Cl)cc2)cc1. The normalized spacial score (nSPS) is 24.1. The molecule has 2 atom stereocenters. The number of nitrogens with zero attached hydrogens (tertiary/aromatic N) is 1. The first kappa shape index (κ1) is 19.7. The molecule has 0 saturated carbocycles. The first-order chi connectivity index (χ1) is 16.6. The highest BCUT2D eigenvalue weighted by molar-refractivity contribution is 6.30. The Balaban J connectivity index is 1.31. The van der Waals surface area contributed by atoms with Gasteiger partial charge in [-0.25, -0.2) is 4.90 Å². The zero-order valence-electron chi connectivity index (χ0n) is 18.2. The quantitative estimate of drug-likeness (QED) is 0.324. The lowest BCUT2D eigenvalue weighted by molar-refractivity contribution is -0.122. The Morgan fingerprint density at radius 2 is 0.912 bits per heavy atom. The summed E-state index contributed by atoms with van der Waals surface area (Å²) in [6, 6.07) is 31.9. The van der Waals surface area contributed by atoms with Crippen molar-refractivity contribution in [2.24, 2.45) is 11.8 Å². The van der Waals surface area contributed by atoms with Crippen molar-refractivity contribution in [3.63, 3.8) is 0 Å². The van der Waals surface area contributed by atoms with Crippen molar-refractivity contribution < 1.29 is 9.59 Å². The van der Waals surface area contributed by atoms with E-state index in [1.165, 1.54) is 27.2 Å². The van der Waals surface area contributed by atoms with Crippen molar-refractivity contribution in [2.75, 3.05) is 4.90 Å². The van der Waals surface area contributed by atoms with Gasteiger partial charge in [0.15, 0.2) is 0 Å². The summed E-state index contributed by atoms with van der Waals surface area (Å²) in [4.78, 5) is 29.1. The van der Waals surface area contributed by atoms with E-state index in [0.717, 1.165) is 11.1 Å². The maximum Gasteiger partial charge on any atom is 0.238 e. The third-order valence-corrected chi connectivity index (χ3v) is 8.00. The molecule has 164 valence electrons. The standard InChI is InChI=1S/C30H20ClNO2/c31-19-13-9-17(10-14-19)18-11-15-20(16-12-18)32-29(33)27-25-21-5-1-2-6-22(21)26(28(27)30(32)34)24-8-4-3-7-23(24)25/h1-16,25-28H. The number of carbonyl (C=O) groups excluding carboxylic acids is 2. The van der Waals surface area contributed by atoms with Gasteiger partial charge in [-0.15, -0.1) is 0 Å². The number of hydrogen-bond acceptors (Lipinski definition) is 2. The lowest BCUT2D eigenvalue weighted by Crippen LogP contribution is -2.41. The molecule has 4 aliphatic rings. The van der Waals surface area contributed by atoms with Crippen LogP contribution in [0.3, 0.4) is 0 Å². The van der Waals surface area contributed by atoms with E-state index in [1.807, 2.05) is 72.8 Å². The van der Waals surface area contributed by atoms with Crippen molar-refractivity contribution in [2.45, 2.75) is 11.8 Å². The van der Waals surface area contributed by atoms with Crippen molar-refractivity contribution in [3.05, 3.63) is 124 Å². The molecule has 1 heterocycles. The van der Waals surface area contributed by atoms with Crippen LogP contribution in [0.15, 0.2) is 97.1 Å². The van der Waals surface area contributed by atoms with Gasteiger partial charge < -0.3 is 0 Å². The summed E-state index contributed by atoms with van der Waals surface area (Å²) >= 11 is 6.02. The van der Waals surface area contributed by atoms with Crippen LogP contribution in [0.4, 0.5) is 5.69 Å². The highest BCUT2D eigenvalue weighted by Crippen LogP contribution is 2.61. The van der Waals surface area contributed by atoms with Crippen molar-refractivity contribution in [3.8, 4) is 11.1 Å². The fourth-order valence-corrected chi connectivity index (χ4v) is 6.50. The van der Waals surface area contributed by atoms with E-state index < -0.39 is 0 Å². The molecule has 8 rings (SSSR count). The number of anilines is 1. The second-order valence-corrected chi connectivity index (χ2v) is 9.77. The van der Waals surface area contributed by atoms with Crippen LogP contribution in [0.2, 0.25) is 5.02 Å². The molecule has 0 N–H and O–H groups in total. The molecule has 1 aliphatic heterocycles. The van der Waals surface area contributed by atoms with Crippen LogP contribution in [-0.2, 0) is 9.59 Å². The molecule has 4 aromatic carbocycles. The predicted octanol–water partition coefficient (Wildman–Crippen LogP) is 6.40. The highest BCUT2D eigenvalue weighted by Gasteiger charge is 2.61. The fourth-order valence-electron chi connectivity index (χ4n) is 6.38. The minimum atomic E-state index is -0.363. The van der Waals surface area contributed by atoms with E-state index in [1.54, 1.807) is 0 Å². The summed E-state index contributed by atoms with van der Waals surface area (Å²) in [6.07, 6.45) is 0. The molecule has 4 aromatic rings. The molecule has 34 heavy (non-hydrogen) atoms. The minimum absolute atomic E-state index is 0.0859. The van der Waals surface area contributed by atoms with Crippen molar-refractivity contribution >= 4 is 29.1 Å². The average Bonchev–Trinajstić information content (AvgIpc) is 3.15. The molecular weight excluding hydrogens is 442 g/mol. The number of hydrogen-bond donors (Lipinski definition) is 0. The number of carbonyl (C=O) groups is 2. The van der Waals surface area contributed by atoms with Crippen LogP contribution in [0, 0.1) is 11.8 Å². The smallest absolute Gasteiger partial charge is 0.238 e. The van der Waals surface area contributed by atoms with Crippen LogP contribution >= 0.6 is 11.6 Å². The molecule has 3 aliphatic carbocycles. The van der Waals surface area contributed by atoms with E-state index in [9.17, 15) is 9.59 Å². The summed E-state index contributed by atoms with van der Waals surface area (Å²) in [5.74, 6) is -1.08. The number of amides is 2. The first-order valence-electron chi connectivity index (χ1n) is 11.5. The van der Waals surface area contributed by atoms with E-state index in [2.05, 4.69) is 24.3 Å². The summed E-state index contributed by atoms with van der Waals surface area (Å²) in [5.41, 5.74) is 7.43. The molecule has 0 aromatic heterocycles. The van der Waals surface area contributed by atoms with Gasteiger partial charge in [0, 0.05) is 16.9 Å². The van der Waals surface area contributed by atoms with Crippen molar-refractivity contribution in [1.29, 1.82) is 0 Å². The summed E-state index contributed by atoms with van der Waals surface area (Å²) in [5, 5.41) is 0.688. The monoisotopic (exact) mass is 461 g/mol. The molecule has 4 heteroatoms. The van der Waals surface area contributed by atoms with Gasteiger partial charge in [0.25, 0.3) is 0 Å². The number of rotatable bonds is 2. The Labute approximate surface area is 202 Å². The van der Waals surface area contributed by atoms with Gasteiger partial charge in [-0.05, 0) is 57.6 Å². The maximum absolute atomic E-state index is 13.8. The zero-order chi connectivity index (χ0) is 23.0. The molecule has 2 amide bonds. The average molecular weight is 462 g/mol. The van der Waals surface area contributed by atoms with Gasteiger partial charge in [0.2, 0.25) is 11.8 Å². The number of halogens is 1. The Morgan fingerprint density at radius 3 is 1.32 bits per heavy atom. The number of benzene rings is 4. The lowest BCUT2D eigenvalue weighted by atomic mass is 9.55. The summed E-state index contributed by atoms with van der Waals surface area (Å²) in [6.45, 7) is 0. The van der Waals surface area contributed by atoms with Crippen LogP contribution in [-0.4, -0.2) is 11.8 Å². The Hall–Kier alpha value is -3.69. The van der Waals surface area contributed by atoms with Gasteiger partial charge in [0.1, 0.15) is 0 Å². The predicted molar refractivity (Wildman–Crippen MR) is 133 cm³/mol. The second-order valence-electron chi connectivity index (χ2n) is 9.33. The third kappa shape index (κ3) is 2.59. The molecule has 0 spiro atoms. The van der Waals surface area contributed by atoms with Gasteiger partial charge in [-0.2, -0.15) is 0 Å². The van der Waals surface area contributed by atoms with Crippen LogP contribution in [0.5, 0.6) is 0 Å². The van der Waals surface area contributed by atoms with Gasteiger partial charge in [-0.3, -0.25) is 9.59 Å². The minimum Gasteiger partial charge on any atom is -0.274 e. The van der Waals surface area contributed by atoms with Crippen molar-refractivity contribution in [1.82, 2.24) is 0 Å². The van der Waals surface area contributed by atoms with Crippen LogP contribution in [0.25, 0.3) is 11.1 Å². The molecule has 2 unspecified atom stereocenters. The first-order valence-corrected chi connectivity index (χ1v) is 11.9. The Kier molecular flexibility index (Phi) is 4.15. The molecule has 1 fully saturated rings. The van der Waals surface area contributed by atoms with E-state index in [4.69, 9.17) is 11.6 Å². The number of imide groups is 1. The maximum atomic E-state index is 13.8. The third-order valence-electron chi connectivity index (χ3n) is 7.75. The molecule has 2 bridgehead atoms. The second kappa shape index (κ2) is 7.15. The molecule has 0 radical (unpaired) electrons. The largest absolute Gasteiger partial charge is 0.274 e. The van der Waals surface area contributed by atoms with Gasteiger partial charge in [-0.1, -0.05) is 84.4 Å². The Bertz CT molecular complexity index is 1360. The lowest BCUT2D eigenvalue weighted by Gasteiger charge is -2.45. The van der Waals surface area contributed by atoms with Gasteiger partial charge >= 0.3 is 0 Å². The van der Waals surface area contributed by atoms with Crippen LogP contribution < -0.4 is 4.90 Å².